The fourth-order valence-electron chi connectivity index (χ4n) is 2.48. The molecule has 2 aromatic rings. The summed E-state index contributed by atoms with van der Waals surface area (Å²) in [6.45, 7) is 2.64. The standard InChI is InChI=1S/C20H23NO3/c1-2-3-13-21-18(20(23)24)14-19(22)17-11-9-16(10-12-17)15-7-5-4-6-8-15/h4-12,18,21H,2-3,13-14H2,1H3,(H,23,24). The highest BCUT2D eigenvalue weighted by Gasteiger charge is 2.21. The molecule has 0 spiro atoms. The quantitative estimate of drug-likeness (QED) is 0.544. The average molecular weight is 325 g/mol. The molecule has 2 N–H and O–H groups in total. The maximum Gasteiger partial charge on any atom is 0.321 e. The number of rotatable bonds is 9. The Morgan fingerprint density at radius 2 is 1.62 bits per heavy atom. The summed E-state index contributed by atoms with van der Waals surface area (Å²) in [6, 6.07) is 16.4. The number of carbonyl (C=O) groups is 2. The lowest BCUT2D eigenvalue weighted by Gasteiger charge is -2.13. The van der Waals surface area contributed by atoms with Gasteiger partial charge in [-0.15, -0.1) is 0 Å². The summed E-state index contributed by atoms with van der Waals surface area (Å²) in [5.41, 5.74) is 2.65. The predicted molar refractivity (Wildman–Crippen MR) is 95.2 cm³/mol. The number of Topliss-reactive ketones (excluding diaryl/α,β-unsaturated/α-hetero) is 1. The van der Waals surface area contributed by atoms with Gasteiger partial charge in [-0.05, 0) is 24.1 Å². The van der Waals surface area contributed by atoms with E-state index in [1.807, 2.05) is 49.4 Å². The van der Waals surface area contributed by atoms with Crippen molar-refractivity contribution in [1.29, 1.82) is 0 Å². The van der Waals surface area contributed by atoms with Crippen LogP contribution < -0.4 is 5.32 Å². The number of carbonyl (C=O) groups excluding carboxylic acids is 1. The Morgan fingerprint density at radius 1 is 1.00 bits per heavy atom. The van der Waals surface area contributed by atoms with Crippen molar-refractivity contribution < 1.29 is 14.7 Å². The third kappa shape index (κ3) is 5.03. The van der Waals surface area contributed by atoms with Crippen molar-refractivity contribution in [2.24, 2.45) is 0 Å². The minimum atomic E-state index is -0.986. The van der Waals surface area contributed by atoms with Crippen molar-refractivity contribution in [2.45, 2.75) is 32.2 Å². The Kier molecular flexibility index (Phi) is 6.70. The second-order valence-electron chi connectivity index (χ2n) is 5.77. The molecule has 0 aliphatic rings. The Labute approximate surface area is 142 Å². The molecule has 0 fully saturated rings. The Hall–Kier alpha value is -2.46. The summed E-state index contributed by atoms with van der Waals surface area (Å²) >= 11 is 0. The minimum absolute atomic E-state index is 0.0380. The van der Waals surface area contributed by atoms with Gasteiger partial charge in [0.2, 0.25) is 0 Å². The molecule has 1 unspecified atom stereocenters. The smallest absolute Gasteiger partial charge is 0.321 e. The van der Waals surface area contributed by atoms with E-state index in [4.69, 9.17) is 0 Å². The van der Waals surface area contributed by atoms with E-state index in [2.05, 4.69) is 5.32 Å². The van der Waals surface area contributed by atoms with E-state index in [1.165, 1.54) is 0 Å². The third-order valence-corrected chi connectivity index (χ3v) is 3.92. The number of hydrogen-bond donors (Lipinski definition) is 2. The van der Waals surface area contributed by atoms with Crippen LogP contribution in [-0.4, -0.2) is 29.4 Å². The van der Waals surface area contributed by atoms with Crippen molar-refractivity contribution in [3.05, 3.63) is 60.2 Å². The zero-order valence-electron chi connectivity index (χ0n) is 13.9. The molecule has 0 heterocycles. The van der Waals surface area contributed by atoms with E-state index in [0.29, 0.717) is 12.1 Å². The molecule has 0 aromatic heterocycles. The van der Waals surface area contributed by atoms with Crippen LogP contribution in [-0.2, 0) is 4.79 Å². The first-order chi connectivity index (χ1) is 11.6. The van der Waals surface area contributed by atoms with Gasteiger partial charge in [0.25, 0.3) is 0 Å². The van der Waals surface area contributed by atoms with Crippen LogP contribution in [0.3, 0.4) is 0 Å². The van der Waals surface area contributed by atoms with Crippen molar-refractivity contribution >= 4 is 11.8 Å². The first-order valence-electron chi connectivity index (χ1n) is 8.26. The number of ketones is 1. The Morgan fingerprint density at radius 3 is 2.21 bits per heavy atom. The molecule has 0 bridgehead atoms. The molecule has 2 aromatic carbocycles. The lowest BCUT2D eigenvalue weighted by atomic mass is 9.99. The number of hydrogen-bond acceptors (Lipinski definition) is 3. The van der Waals surface area contributed by atoms with Gasteiger partial charge in [0.15, 0.2) is 5.78 Å². The monoisotopic (exact) mass is 325 g/mol. The fourth-order valence-corrected chi connectivity index (χ4v) is 2.48. The SMILES string of the molecule is CCCCNC(CC(=O)c1ccc(-c2ccccc2)cc1)C(=O)O. The van der Waals surface area contributed by atoms with Gasteiger partial charge < -0.3 is 10.4 Å². The topological polar surface area (TPSA) is 66.4 Å². The van der Waals surface area contributed by atoms with Crippen LogP contribution in [0.4, 0.5) is 0 Å². The van der Waals surface area contributed by atoms with Gasteiger partial charge in [0.1, 0.15) is 6.04 Å². The van der Waals surface area contributed by atoms with Crippen LogP contribution in [0.15, 0.2) is 54.6 Å². The molecular formula is C20H23NO3. The van der Waals surface area contributed by atoms with Crippen LogP contribution >= 0.6 is 0 Å². The van der Waals surface area contributed by atoms with Crippen molar-refractivity contribution in [1.82, 2.24) is 5.32 Å². The lowest BCUT2D eigenvalue weighted by molar-refractivity contribution is -0.139. The van der Waals surface area contributed by atoms with Crippen LogP contribution in [0.5, 0.6) is 0 Å². The second kappa shape index (κ2) is 8.99. The predicted octanol–water partition coefficient (Wildman–Crippen LogP) is 3.77. The molecule has 1 atom stereocenters. The van der Waals surface area contributed by atoms with Gasteiger partial charge in [-0.3, -0.25) is 9.59 Å². The molecule has 4 heteroatoms. The molecule has 4 nitrogen and oxygen atoms in total. The number of benzene rings is 2. The van der Waals surface area contributed by atoms with Crippen molar-refractivity contribution in [3.63, 3.8) is 0 Å². The third-order valence-electron chi connectivity index (χ3n) is 3.92. The van der Waals surface area contributed by atoms with Crippen LogP contribution in [0.2, 0.25) is 0 Å². The Balaban J connectivity index is 2.02. The molecule has 126 valence electrons. The first-order valence-corrected chi connectivity index (χ1v) is 8.26. The van der Waals surface area contributed by atoms with Gasteiger partial charge in [-0.25, -0.2) is 0 Å². The molecule has 0 saturated carbocycles. The van der Waals surface area contributed by atoms with E-state index in [-0.39, 0.29) is 12.2 Å². The largest absolute Gasteiger partial charge is 0.480 e. The summed E-state index contributed by atoms with van der Waals surface area (Å²) in [6.07, 6.45) is 1.84. The molecule has 0 amide bonds. The number of carboxylic acid groups (broad SMARTS) is 1. The van der Waals surface area contributed by atoms with E-state index < -0.39 is 12.0 Å². The highest BCUT2D eigenvalue weighted by Crippen LogP contribution is 2.20. The summed E-state index contributed by atoms with van der Waals surface area (Å²) in [4.78, 5) is 23.6. The second-order valence-corrected chi connectivity index (χ2v) is 5.77. The summed E-state index contributed by atoms with van der Waals surface area (Å²) in [5, 5.41) is 12.2. The molecule has 24 heavy (non-hydrogen) atoms. The first kappa shape index (κ1) is 17.9. The molecule has 0 aliphatic carbocycles. The number of aliphatic carboxylic acids is 1. The van der Waals surface area contributed by atoms with Crippen LogP contribution in [0.1, 0.15) is 36.5 Å². The molecule has 2 rings (SSSR count). The van der Waals surface area contributed by atoms with Gasteiger partial charge in [0.05, 0.1) is 0 Å². The lowest BCUT2D eigenvalue weighted by Crippen LogP contribution is -2.39. The highest BCUT2D eigenvalue weighted by molar-refractivity contribution is 5.99. The average Bonchev–Trinajstić information content (AvgIpc) is 2.61. The van der Waals surface area contributed by atoms with E-state index in [1.54, 1.807) is 12.1 Å². The number of unbranched alkanes of at least 4 members (excludes halogenated alkanes) is 1. The molecule has 0 aliphatic heterocycles. The fraction of sp³-hybridized carbons (Fsp3) is 0.300. The zero-order valence-corrected chi connectivity index (χ0v) is 13.9. The van der Waals surface area contributed by atoms with Crippen LogP contribution in [0, 0.1) is 0 Å². The summed E-state index contributed by atoms with van der Waals surface area (Å²) in [7, 11) is 0. The van der Waals surface area contributed by atoms with Gasteiger partial charge in [0, 0.05) is 12.0 Å². The van der Waals surface area contributed by atoms with E-state index in [0.717, 1.165) is 24.0 Å². The van der Waals surface area contributed by atoms with E-state index >= 15 is 0 Å². The van der Waals surface area contributed by atoms with Gasteiger partial charge in [-0.2, -0.15) is 0 Å². The zero-order chi connectivity index (χ0) is 17.4. The number of nitrogens with one attached hydrogen (secondary N) is 1. The molecular weight excluding hydrogens is 302 g/mol. The summed E-state index contributed by atoms with van der Waals surface area (Å²) in [5.74, 6) is -1.15. The number of carboxylic acids is 1. The van der Waals surface area contributed by atoms with Crippen LogP contribution in [0.25, 0.3) is 11.1 Å². The van der Waals surface area contributed by atoms with Crippen molar-refractivity contribution in [3.8, 4) is 11.1 Å². The summed E-state index contributed by atoms with van der Waals surface area (Å²) < 4.78 is 0. The van der Waals surface area contributed by atoms with Gasteiger partial charge in [-0.1, -0.05) is 67.9 Å². The van der Waals surface area contributed by atoms with Gasteiger partial charge >= 0.3 is 5.97 Å². The van der Waals surface area contributed by atoms with E-state index in [9.17, 15) is 14.7 Å². The highest BCUT2D eigenvalue weighted by atomic mass is 16.4. The van der Waals surface area contributed by atoms with Crippen molar-refractivity contribution in [2.75, 3.05) is 6.54 Å². The minimum Gasteiger partial charge on any atom is -0.480 e. The molecule has 0 radical (unpaired) electrons. The maximum atomic E-state index is 12.3. The molecule has 0 saturated heterocycles. The maximum absolute atomic E-state index is 12.3. The normalized spacial score (nSPS) is 11.9. The Bertz CT molecular complexity index is 665.